The minimum atomic E-state index is -4.14. The van der Waals surface area contributed by atoms with Crippen molar-refractivity contribution in [2.24, 2.45) is 16.1 Å². The SMILES string of the molecule is COC(=O)c1sc(C)c(C#N)c1S(N)(=O)=O.Cc1sc(C(=O)NN)c(S(N)(=O)=O)c1C#N. The number of esters is 1. The normalized spacial score (nSPS) is 10.9. The summed E-state index contributed by atoms with van der Waals surface area (Å²) in [5.74, 6) is 3.29. The van der Waals surface area contributed by atoms with E-state index in [2.05, 4.69) is 4.74 Å². The van der Waals surface area contributed by atoms with E-state index in [0.717, 1.165) is 29.8 Å². The van der Waals surface area contributed by atoms with Crippen molar-refractivity contribution in [3.8, 4) is 12.1 Å². The molecular weight excluding hydrogens is 504 g/mol. The molecule has 1 amide bonds. The number of hydrazine groups is 1. The third-order valence-electron chi connectivity index (χ3n) is 3.58. The lowest BCUT2D eigenvalue weighted by Gasteiger charge is -2.00. The topological polar surface area (TPSA) is 249 Å². The van der Waals surface area contributed by atoms with Crippen LogP contribution in [0.1, 0.15) is 40.2 Å². The van der Waals surface area contributed by atoms with Gasteiger partial charge in [0.05, 0.1) is 18.2 Å². The Labute approximate surface area is 191 Å². The van der Waals surface area contributed by atoms with Crippen molar-refractivity contribution in [3.05, 3.63) is 30.6 Å². The van der Waals surface area contributed by atoms with Crippen molar-refractivity contribution < 1.29 is 31.2 Å². The maximum Gasteiger partial charge on any atom is 0.349 e. The fraction of sp³-hybridized carbons (Fsp3) is 0.200. The summed E-state index contributed by atoms with van der Waals surface area (Å²) < 4.78 is 49.6. The minimum absolute atomic E-state index is 0.104. The molecule has 13 nitrogen and oxygen atoms in total. The number of nitrogen functional groups attached to an aromatic ring is 1. The van der Waals surface area contributed by atoms with E-state index in [1.54, 1.807) is 17.6 Å². The van der Waals surface area contributed by atoms with Gasteiger partial charge < -0.3 is 4.74 Å². The molecule has 0 fully saturated rings. The Kier molecular flexibility index (Phi) is 8.60. The highest BCUT2D eigenvalue weighted by molar-refractivity contribution is 7.89. The molecule has 2 aromatic heterocycles. The molecule has 32 heavy (non-hydrogen) atoms. The van der Waals surface area contributed by atoms with Crippen LogP contribution < -0.4 is 21.5 Å². The van der Waals surface area contributed by atoms with E-state index in [0.29, 0.717) is 9.75 Å². The number of sulfonamides is 2. The Morgan fingerprint density at radius 1 is 0.906 bits per heavy atom. The van der Waals surface area contributed by atoms with Crippen LogP contribution in [-0.2, 0) is 24.8 Å². The minimum Gasteiger partial charge on any atom is -0.465 e. The molecule has 0 unspecified atom stereocenters. The molecule has 0 aromatic carbocycles. The molecule has 2 aromatic rings. The van der Waals surface area contributed by atoms with Crippen LogP contribution in [0.4, 0.5) is 0 Å². The highest BCUT2D eigenvalue weighted by atomic mass is 32.2. The van der Waals surface area contributed by atoms with E-state index in [1.807, 2.05) is 0 Å². The number of aryl methyl sites for hydroxylation is 2. The molecule has 0 aliphatic rings. The number of amides is 1. The van der Waals surface area contributed by atoms with Crippen LogP contribution in [0.2, 0.25) is 0 Å². The van der Waals surface area contributed by atoms with Crippen molar-refractivity contribution in [3.63, 3.8) is 0 Å². The van der Waals surface area contributed by atoms with Gasteiger partial charge in [0.15, 0.2) is 0 Å². The molecule has 172 valence electrons. The molecule has 2 heterocycles. The second-order valence-electron chi connectivity index (χ2n) is 5.66. The number of nitrogens with zero attached hydrogens (tertiary/aromatic N) is 2. The van der Waals surface area contributed by atoms with Gasteiger partial charge in [-0.15, -0.1) is 22.7 Å². The summed E-state index contributed by atoms with van der Waals surface area (Å²) in [6.07, 6.45) is 0. The number of hydrogen-bond acceptors (Lipinski definition) is 12. The lowest BCUT2D eigenvalue weighted by molar-refractivity contribution is 0.0602. The molecule has 0 radical (unpaired) electrons. The van der Waals surface area contributed by atoms with Crippen LogP contribution in [0.25, 0.3) is 0 Å². The second kappa shape index (κ2) is 10.1. The summed E-state index contributed by atoms with van der Waals surface area (Å²) >= 11 is 1.72. The first-order chi connectivity index (χ1) is 14.6. The van der Waals surface area contributed by atoms with Gasteiger partial charge in [0.2, 0.25) is 20.0 Å². The van der Waals surface area contributed by atoms with Crippen LogP contribution >= 0.6 is 22.7 Å². The van der Waals surface area contributed by atoms with Gasteiger partial charge in [0.25, 0.3) is 5.91 Å². The number of nitrogens with one attached hydrogen (secondary N) is 1. The third kappa shape index (κ3) is 5.66. The first-order valence-corrected chi connectivity index (χ1v) is 12.6. The van der Waals surface area contributed by atoms with Crippen LogP contribution in [0, 0.1) is 36.5 Å². The van der Waals surface area contributed by atoms with Crippen molar-refractivity contribution in [2.75, 3.05) is 7.11 Å². The quantitative estimate of drug-likeness (QED) is 0.175. The average molecular weight is 521 g/mol. The van der Waals surface area contributed by atoms with Crippen LogP contribution in [-0.4, -0.2) is 35.8 Å². The number of carbonyl (C=O) groups is 2. The van der Waals surface area contributed by atoms with E-state index in [1.165, 1.54) is 13.8 Å². The van der Waals surface area contributed by atoms with E-state index in [-0.39, 0.29) is 20.9 Å². The number of thiophene rings is 2. The largest absolute Gasteiger partial charge is 0.465 e. The summed E-state index contributed by atoms with van der Waals surface area (Å²) in [5, 5.41) is 27.5. The van der Waals surface area contributed by atoms with Crippen LogP contribution in [0.3, 0.4) is 0 Å². The summed E-state index contributed by atoms with van der Waals surface area (Å²) in [5.41, 5.74) is 1.58. The molecule has 0 saturated carbocycles. The van der Waals surface area contributed by atoms with Crippen molar-refractivity contribution in [2.45, 2.75) is 23.6 Å². The van der Waals surface area contributed by atoms with Gasteiger partial charge in [-0.2, -0.15) is 10.5 Å². The maximum atomic E-state index is 11.3. The number of ether oxygens (including phenoxy) is 1. The zero-order valence-electron chi connectivity index (χ0n) is 16.6. The molecule has 0 aliphatic heterocycles. The fourth-order valence-corrected chi connectivity index (χ4v) is 6.85. The fourth-order valence-electron chi connectivity index (χ4n) is 2.29. The van der Waals surface area contributed by atoms with Gasteiger partial charge in [-0.05, 0) is 13.8 Å². The van der Waals surface area contributed by atoms with Gasteiger partial charge in [0.1, 0.15) is 31.7 Å². The molecule has 0 aliphatic carbocycles. The van der Waals surface area contributed by atoms with Crippen molar-refractivity contribution in [1.29, 1.82) is 10.5 Å². The van der Waals surface area contributed by atoms with Gasteiger partial charge in [-0.25, -0.2) is 37.8 Å². The average Bonchev–Trinajstić information content (AvgIpc) is 3.23. The zero-order valence-corrected chi connectivity index (χ0v) is 19.9. The Balaban J connectivity index is 0.000000320. The molecule has 7 N–H and O–H groups in total. The summed E-state index contributed by atoms with van der Waals surface area (Å²) in [7, 11) is -7.14. The van der Waals surface area contributed by atoms with Gasteiger partial charge in [-0.1, -0.05) is 0 Å². The number of methoxy groups -OCH3 is 1. The standard InChI is InChI=1S/C8H8N2O4S2.C7H8N4O3S2/c1-4-5(3-9)7(16(10,12)13)6(15-4)8(11)14-2;1-3-4(2-8)6(16(10,13)14)5(15-3)7(12)11-9/h1-2H3,(H2,10,12,13);9H2,1H3,(H,11,12)(H2,10,13,14). The van der Waals surface area contributed by atoms with E-state index < -0.39 is 41.7 Å². The number of primary sulfonamides is 2. The lowest BCUT2D eigenvalue weighted by Crippen LogP contribution is -2.31. The number of rotatable bonds is 4. The highest BCUT2D eigenvalue weighted by Crippen LogP contribution is 2.31. The molecule has 0 atom stereocenters. The van der Waals surface area contributed by atoms with Crippen molar-refractivity contribution >= 4 is 54.6 Å². The van der Waals surface area contributed by atoms with E-state index in [9.17, 15) is 26.4 Å². The highest BCUT2D eigenvalue weighted by Gasteiger charge is 2.29. The summed E-state index contributed by atoms with van der Waals surface area (Å²) in [4.78, 5) is 22.2. The molecule has 2 rings (SSSR count). The number of nitrogens with two attached hydrogens (primary N) is 3. The van der Waals surface area contributed by atoms with E-state index in [4.69, 9.17) is 26.6 Å². The smallest absolute Gasteiger partial charge is 0.349 e. The third-order valence-corrected chi connectivity index (χ3v) is 7.98. The predicted octanol–water partition coefficient (Wildman–Crippen LogP) is -0.459. The Morgan fingerprint density at radius 2 is 1.28 bits per heavy atom. The maximum absolute atomic E-state index is 11.3. The zero-order chi connectivity index (χ0) is 25.0. The number of hydrogen-bond donors (Lipinski definition) is 4. The second-order valence-corrected chi connectivity index (χ2v) is 11.1. The number of nitriles is 2. The Morgan fingerprint density at radius 3 is 1.59 bits per heavy atom. The van der Waals surface area contributed by atoms with Gasteiger partial charge >= 0.3 is 5.97 Å². The Bertz CT molecular complexity index is 1270. The van der Waals surface area contributed by atoms with Crippen LogP contribution in [0.5, 0.6) is 0 Å². The molecule has 17 heteroatoms. The summed E-state index contributed by atoms with van der Waals surface area (Å²) in [6, 6.07) is 3.41. The molecular formula is C15H16N6O7S4. The number of carbonyl (C=O) groups excluding carboxylic acids is 2. The molecule has 0 saturated heterocycles. The van der Waals surface area contributed by atoms with Crippen LogP contribution in [0.15, 0.2) is 9.79 Å². The molecule has 0 bridgehead atoms. The van der Waals surface area contributed by atoms with Gasteiger partial charge in [-0.3, -0.25) is 10.2 Å². The monoisotopic (exact) mass is 520 g/mol. The van der Waals surface area contributed by atoms with Crippen molar-refractivity contribution in [1.82, 2.24) is 5.43 Å². The lowest BCUT2D eigenvalue weighted by atomic mass is 10.2. The first kappa shape index (κ1) is 27.1. The van der Waals surface area contributed by atoms with Gasteiger partial charge in [0, 0.05) is 9.75 Å². The molecule has 0 spiro atoms. The first-order valence-electron chi connectivity index (χ1n) is 7.87. The summed E-state index contributed by atoms with van der Waals surface area (Å²) in [6.45, 7) is 3.05. The van der Waals surface area contributed by atoms with E-state index >= 15 is 0 Å². The predicted molar refractivity (Wildman–Crippen MR) is 113 cm³/mol. The Hall–Kier alpha value is -2.90.